The maximum atomic E-state index is 12.4. The summed E-state index contributed by atoms with van der Waals surface area (Å²) in [6.45, 7) is 7.04. The highest BCUT2D eigenvalue weighted by Crippen LogP contribution is 2.40. The Kier molecular flexibility index (Phi) is 7.43. The Bertz CT molecular complexity index is 1220. The van der Waals surface area contributed by atoms with Crippen LogP contribution < -0.4 is 4.74 Å². The summed E-state index contributed by atoms with van der Waals surface area (Å²) >= 11 is 1.85. The van der Waals surface area contributed by atoms with E-state index >= 15 is 0 Å². The van der Waals surface area contributed by atoms with Crippen LogP contribution in [0.2, 0.25) is 0 Å². The van der Waals surface area contributed by atoms with Gasteiger partial charge in [-0.15, -0.1) is 0 Å². The van der Waals surface area contributed by atoms with Gasteiger partial charge in [0.25, 0.3) is 0 Å². The van der Waals surface area contributed by atoms with Crippen molar-refractivity contribution >= 4 is 17.9 Å². The van der Waals surface area contributed by atoms with Crippen LogP contribution in [0.5, 0.6) is 5.75 Å². The summed E-state index contributed by atoms with van der Waals surface area (Å²) in [6.07, 6.45) is 7.18. The zero-order valence-electron chi connectivity index (χ0n) is 21.9. The Morgan fingerprint density at radius 1 is 1.05 bits per heavy atom. The molecule has 3 aromatic rings. The zero-order chi connectivity index (χ0) is 25.9. The zero-order valence-corrected chi connectivity index (χ0v) is 22.7. The molecule has 1 amide bonds. The van der Waals surface area contributed by atoms with Gasteiger partial charge in [-0.3, -0.25) is 9.97 Å². The Morgan fingerprint density at radius 3 is 2.59 bits per heavy atom. The summed E-state index contributed by atoms with van der Waals surface area (Å²) in [5.41, 5.74) is 4.97. The molecule has 2 aliphatic rings. The first-order chi connectivity index (χ1) is 17.8. The largest absolute Gasteiger partial charge is 0.487 e. The number of carbonyl (C=O) groups excluding carboxylic acids is 1. The number of hydrogen-bond acceptors (Lipinski definition) is 6. The fourth-order valence-electron chi connectivity index (χ4n) is 4.89. The summed E-state index contributed by atoms with van der Waals surface area (Å²) < 4.78 is 12.1. The molecule has 2 aromatic heterocycles. The molecule has 0 atom stereocenters. The normalized spacial score (nSPS) is 16.7. The first-order valence-corrected chi connectivity index (χ1v) is 14.2. The molecule has 0 aliphatic carbocycles. The van der Waals surface area contributed by atoms with Crippen molar-refractivity contribution in [3.63, 3.8) is 0 Å². The average molecular weight is 518 g/mol. The van der Waals surface area contributed by atoms with Crippen LogP contribution in [0, 0.1) is 0 Å². The fraction of sp³-hybridized carbons (Fsp3) is 0.433. The van der Waals surface area contributed by atoms with Crippen LogP contribution in [0.3, 0.4) is 0 Å². The lowest BCUT2D eigenvalue weighted by molar-refractivity contribution is -0.0272. The van der Waals surface area contributed by atoms with Crippen LogP contribution in [0.25, 0.3) is 11.3 Å². The van der Waals surface area contributed by atoms with Crippen LogP contribution in [-0.4, -0.2) is 45.3 Å². The van der Waals surface area contributed by atoms with Crippen molar-refractivity contribution in [1.29, 1.82) is 0 Å². The third-order valence-electron chi connectivity index (χ3n) is 6.93. The number of ether oxygens (including phenoxy) is 2. The average Bonchev–Trinajstić information content (AvgIpc) is 2.89. The molecule has 0 unspecified atom stereocenters. The molecular formula is C30H35N3O3S. The second kappa shape index (κ2) is 10.7. The fourth-order valence-corrected chi connectivity index (χ4v) is 5.78. The maximum absolute atomic E-state index is 12.4. The van der Waals surface area contributed by atoms with E-state index in [2.05, 4.69) is 41.4 Å². The maximum Gasteiger partial charge on any atom is 0.410 e. The van der Waals surface area contributed by atoms with Crippen LogP contribution in [-0.2, 0) is 22.7 Å². The van der Waals surface area contributed by atoms with Crippen molar-refractivity contribution < 1.29 is 14.3 Å². The molecule has 0 bridgehead atoms. The number of hydrogen-bond donors (Lipinski definition) is 0. The van der Waals surface area contributed by atoms with Gasteiger partial charge in [-0.1, -0.05) is 12.1 Å². The molecule has 0 saturated carbocycles. The van der Waals surface area contributed by atoms with Gasteiger partial charge in [0.15, 0.2) is 0 Å². The summed E-state index contributed by atoms with van der Waals surface area (Å²) in [5, 5.41) is 0. The van der Waals surface area contributed by atoms with Gasteiger partial charge < -0.3 is 14.4 Å². The highest BCUT2D eigenvalue weighted by atomic mass is 32.2. The Balaban J connectivity index is 1.17. The monoisotopic (exact) mass is 517 g/mol. The number of rotatable bonds is 5. The minimum absolute atomic E-state index is 0.195. The lowest BCUT2D eigenvalue weighted by atomic mass is 9.83. The van der Waals surface area contributed by atoms with Crippen molar-refractivity contribution in [2.24, 2.45) is 0 Å². The number of benzene rings is 1. The van der Waals surface area contributed by atoms with Crippen LogP contribution >= 0.6 is 11.8 Å². The first kappa shape index (κ1) is 25.6. The van der Waals surface area contributed by atoms with E-state index in [9.17, 15) is 4.79 Å². The van der Waals surface area contributed by atoms with Gasteiger partial charge in [0.05, 0.1) is 11.4 Å². The van der Waals surface area contributed by atoms with E-state index in [1.807, 2.05) is 62.0 Å². The highest BCUT2D eigenvalue weighted by Gasteiger charge is 2.41. The van der Waals surface area contributed by atoms with Crippen molar-refractivity contribution in [3.05, 3.63) is 77.7 Å². The predicted octanol–water partition coefficient (Wildman–Crippen LogP) is 6.67. The minimum atomic E-state index is -0.474. The molecule has 1 spiro atoms. The molecule has 7 heteroatoms. The summed E-state index contributed by atoms with van der Waals surface area (Å²) in [5.74, 6) is 2.77. The molecule has 5 rings (SSSR count). The summed E-state index contributed by atoms with van der Waals surface area (Å²) in [7, 11) is 0. The number of aromatic nitrogens is 2. The van der Waals surface area contributed by atoms with E-state index < -0.39 is 5.60 Å². The van der Waals surface area contributed by atoms with Crippen LogP contribution in [0.4, 0.5) is 4.79 Å². The van der Waals surface area contributed by atoms with Gasteiger partial charge in [-0.25, -0.2) is 4.79 Å². The Labute approximate surface area is 223 Å². The van der Waals surface area contributed by atoms with Gasteiger partial charge in [0.2, 0.25) is 0 Å². The molecular weight excluding hydrogens is 482 g/mol. The van der Waals surface area contributed by atoms with Gasteiger partial charge >= 0.3 is 6.09 Å². The van der Waals surface area contributed by atoms with E-state index in [1.54, 1.807) is 0 Å². The minimum Gasteiger partial charge on any atom is -0.487 e. The Hall–Kier alpha value is -3.06. The number of amides is 1. The molecule has 1 aromatic carbocycles. The van der Waals surface area contributed by atoms with Crippen LogP contribution in [0.1, 0.15) is 56.9 Å². The number of pyridine rings is 2. The summed E-state index contributed by atoms with van der Waals surface area (Å²) in [6, 6.07) is 16.7. The number of fused-ring (bicyclic) bond motifs is 1. The number of thioether (sulfide) groups is 1. The quantitative estimate of drug-likeness (QED) is 0.377. The van der Waals surface area contributed by atoms with Crippen molar-refractivity contribution in [1.82, 2.24) is 14.9 Å². The standard InChI is InChI=1S/C30H35N3O3S/c1-29(2,3)36-28(34)33-16-13-30(14-17-33)12-11-24-18-23(8-10-27(24)35-30)26-9-7-22(19-32-26)20-37-21-25-6-4-5-15-31-25/h4-10,15,18-19H,11-14,16-17,20-21H2,1-3H3. The topological polar surface area (TPSA) is 64.5 Å². The third-order valence-corrected chi connectivity index (χ3v) is 7.97. The number of nitrogens with zero attached hydrogens (tertiary/aromatic N) is 3. The predicted molar refractivity (Wildman–Crippen MR) is 148 cm³/mol. The lowest BCUT2D eigenvalue weighted by Crippen LogP contribution is -2.52. The Morgan fingerprint density at radius 2 is 1.89 bits per heavy atom. The number of aryl methyl sites for hydroxylation is 1. The van der Waals surface area contributed by atoms with E-state index in [-0.39, 0.29) is 11.7 Å². The van der Waals surface area contributed by atoms with Crippen molar-refractivity contribution in [2.75, 3.05) is 13.1 Å². The second-order valence-corrected chi connectivity index (χ2v) is 11.9. The third kappa shape index (κ3) is 6.45. The molecule has 37 heavy (non-hydrogen) atoms. The molecule has 2 aliphatic heterocycles. The molecule has 194 valence electrons. The number of piperidine rings is 1. The van der Waals surface area contributed by atoms with Gasteiger partial charge in [0, 0.05) is 55.4 Å². The summed E-state index contributed by atoms with van der Waals surface area (Å²) in [4.78, 5) is 23.4. The van der Waals surface area contributed by atoms with Crippen LogP contribution in [0.15, 0.2) is 60.9 Å². The van der Waals surface area contributed by atoms with Crippen molar-refractivity contribution in [3.8, 4) is 17.0 Å². The second-order valence-electron chi connectivity index (χ2n) is 10.9. The van der Waals surface area contributed by atoms with Gasteiger partial charge in [-0.05, 0) is 81.1 Å². The SMILES string of the molecule is CC(C)(C)OC(=O)N1CCC2(CCc3cc(-c4ccc(CSCc5ccccn5)cn4)ccc3O2)CC1. The van der Waals surface area contributed by atoms with E-state index in [0.29, 0.717) is 13.1 Å². The molecule has 4 heterocycles. The molecule has 0 N–H and O–H groups in total. The van der Waals surface area contributed by atoms with E-state index in [0.717, 1.165) is 59.9 Å². The molecule has 6 nitrogen and oxygen atoms in total. The van der Waals surface area contributed by atoms with Crippen molar-refractivity contribution in [2.45, 2.75) is 69.2 Å². The highest BCUT2D eigenvalue weighted by molar-refractivity contribution is 7.97. The van der Waals surface area contributed by atoms with E-state index in [1.165, 1.54) is 11.1 Å². The first-order valence-electron chi connectivity index (χ1n) is 13.0. The van der Waals surface area contributed by atoms with Gasteiger partial charge in [0.1, 0.15) is 17.0 Å². The molecule has 1 saturated heterocycles. The van der Waals surface area contributed by atoms with Gasteiger partial charge in [-0.2, -0.15) is 11.8 Å². The number of carbonyl (C=O) groups is 1. The molecule has 0 radical (unpaired) electrons. The van der Waals surface area contributed by atoms with E-state index in [4.69, 9.17) is 14.5 Å². The number of likely N-dealkylation sites (tertiary alicyclic amines) is 1. The smallest absolute Gasteiger partial charge is 0.410 e. The lowest BCUT2D eigenvalue weighted by Gasteiger charge is -2.44. The molecule has 1 fully saturated rings.